The van der Waals surface area contributed by atoms with Gasteiger partial charge in [0.2, 0.25) is 0 Å². The maximum atomic E-state index is 13.1. The molecule has 0 aromatic rings. The SMILES string of the molecule is CCCCCCCCCCCCCCCCCCCC(=O)OC[C@H](COP(=O)(O)OC[C@@H](O)COP(=O)(O)OC[C@@H](COC(=O)CCCCCCCCCCC(C)CC)OC(=O)CCCCCCCCCCCCCC(C)C)OC(=O)CCCCCCCCCCCCCCCCCC(C)C. The summed E-state index contributed by atoms with van der Waals surface area (Å²) < 4.78 is 68.8. The Kier molecular flexibility index (Phi) is 70.9. The van der Waals surface area contributed by atoms with Gasteiger partial charge in [0.15, 0.2) is 12.2 Å². The maximum absolute atomic E-state index is 13.1. The molecule has 0 saturated carbocycles. The summed E-state index contributed by atoms with van der Waals surface area (Å²) in [6.07, 6.45) is 60.9. The van der Waals surface area contributed by atoms with E-state index < -0.39 is 97.5 Å². The second kappa shape index (κ2) is 72.3. The van der Waals surface area contributed by atoms with Crippen LogP contribution >= 0.6 is 15.6 Å². The Morgan fingerprint density at radius 3 is 0.752 bits per heavy atom. The summed E-state index contributed by atoms with van der Waals surface area (Å²) in [6, 6.07) is 0. The molecular weight excluding hydrogens is 1320 g/mol. The van der Waals surface area contributed by atoms with Gasteiger partial charge in [-0.15, -0.1) is 0 Å². The zero-order valence-electron chi connectivity index (χ0n) is 66.4. The van der Waals surface area contributed by atoms with Crippen LogP contribution in [0, 0.1) is 17.8 Å². The summed E-state index contributed by atoms with van der Waals surface area (Å²) in [7, 11) is -9.92. The zero-order valence-corrected chi connectivity index (χ0v) is 68.2. The first kappa shape index (κ1) is 99.1. The van der Waals surface area contributed by atoms with Crippen LogP contribution in [-0.4, -0.2) is 96.7 Å². The van der Waals surface area contributed by atoms with Gasteiger partial charge in [-0.3, -0.25) is 37.3 Å². The molecule has 0 aliphatic rings. The van der Waals surface area contributed by atoms with E-state index in [9.17, 15) is 43.2 Å². The molecule has 19 heteroatoms. The van der Waals surface area contributed by atoms with Gasteiger partial charge in [0.25, 0.3) is 0 Å². The summed E-state index contributed by atoms with van der Waals surface area (Å²) in [5.41, 5.74) is 0. The first-order valence-corrected chi connectivity index (χ1v) is 45.4. The zero-order chi connectivity index (χ0) is 74.4. The molecule has 0 aliphatic carbocycles. The van der Waals surface area contributed by atoms with Crippen LogP contribution in [-0.2, 0) is 65.4 Å². The molecule has 0 radical (unpaired) electrons. The van der Waals surface area contributed by atoms with Gasteiger partial charge >= 0.3 is 39.5 Å². The van der Waals surface area contributed by atoms with Crippen molar-refractivity contribution in [2.45, 2.75) is 446 Å². The van der Waals surface area contributed by atoms with Crippen molar-refractivity contribution in [1.82, 2.24) is 0 Å². The number of esters is 4. The van der Waals surface area contributed by atoms with Gasteiger partial charge in [-0.1, -0.05) is 376 Å². The number of phosphoric acid groups is 2. The molecule has 600 valence electrons. The van der Waals surface area contributed by atoms with Crippen LogP contribution in [0.25, 0.3) is 0 Å². The van der Waals surface area contributed by atoms with Crippen molar-refractivity contribution in [3.05, 3.63) is 0 Å². The molecule has 0 fully saturated rings. The van der Waals surface area contributed by atoms with E-state index in [0.717, 1.165) is 108 Å². The van der Waals surface area contributed by atoms with Crippen LogP contribution < -0.4 is 0 Å². The van der Waals surface area contributed by atoms with Crippen molar-refractivity contribution in [2.24, 2.45) is 17.8 Å². The number of carbonyl (C=O) groups is 4. The van der Waals surface area contributed by atoms with Crippen LogP contribution in [0.15, 0.2) is 0 Å². The van der Waals surface area contributed by atoms with Crippen LogP contribution in [0.2, 0.25) is 0 Å². The monoisotopic (exact) mass is 1480 g/mol. The topological polar surface area (TPSA) is 237 Å². The molecule has 0 amide bonds. The van der Waals surface area contributed by atoms with Crippen LogP contribution in [0.3, 0.4) is 0 Å². The van der Waals surface area contributed by atoms with Gasteiger partial charge < -0.3 is 33.8 Å². The van der Waals surface area contributed by atoms with Crippen LogP contribution in [0.5, 0.6) is 0 Å². The van der Waals surface area contributed by atoms with E-state index in [0.29, 0.717) is 25.7 Å². The summed E-state index contributed by atoms with van der Waals surface area (Å²) in [4.78, 5) is 73.1. The molecule has 0 aliphatic heterocycles. The Labute approximate surface area is 619 Å². The number of carbonyl (C=O) groups excluding carboxylic acids is 4. The van der Waals surface area contributed by atoms with Crippen LogP contribution in [0.4, 0.5) is 0 Å². The van der Waals surface area contributed by atoms with Gasteiger partial charge in [-0.05, 0) is 43.4 Å². The van der Waals surface area contributed by atoms with E-state index in [-0.39, 0.29) is 25.7 Å². The molecule has 0 saturated heterocycles. The Hall–Kier alpha value is -1.94. The minimum Gasteiger partial charge on any atom is -0.462 e. The summed E-state index contributed by atoms with van der Waals surface area (Å²) in [5.74, 6) is 0.236. The first-order chi connectivity index (χ1) is 48.8. The highest BCUT2D eigenvalue weighted by Gasteiger charge is 2.30. The number of aliphatic hydroxyl groups excluding tert-OH is 1. The average molecular weight is 1480 g/mol. The molecule has 17 nitrogen and oxygen atoms in total. The van der Waals surface area contributed by atoms with Gasteiger partial charge in [0.05, 0.1) is 26.4 Å². The van der Waals surface area contributed by atoms with Crippen molar-refractivity contribution < 1.29 is 80.2 Å². The summed E-state index contributed by atoms with van der Waals surface area (Å²) in [6.45, 7) is 12.0. The summed E-state index contributed by atoms with van der Waals surface area (Å²) >= 11 is 0. The smallest absolute Gasteiger partial charge is 0.462 e. The summed E-state index contributed by atoms with van der Waals surface area (Å²) in [5, 5.41) is 10.7. The van der Waals surface area contributed by atoms with Crippen molar-refractivity contribution in [1.29, 1.82) is 0 Å². The number of phosphoric ester groups is 2. The Morgan fingerprint density at radius 2 is 0.505 bits per heavy atom. The normalized spacial score (nSPS) is 14.2. The molecular formula is C82H160O17P2. The standard InChI is InChI=1S/C82H160O17P2/c1-8-10-11-12-13-14-15-16-17-18-21-24-29-34-42-49-56-63-79(84)92-69-77(98-81(86)65-58-51-44-35-30-25-22-19-20-23-27-32-39-46-53-60-73(3)4)71-96-100(88,89)94-67-76(83)68-95-101(90,91)97-72-78(70-93-80(85)64-57-50-43-38-37-41-48-55-62-75(7)9-2)99-82(87)66-59-52-45-36-31-26-28-33-40-47-54-61-74(5)6/h73-78,83H,8-72H2,1-7H3,(H,88,89)(H,90,91)/t75?,76-,77-,78-/m1/s1. The largest absolute Gasteiger partial charge is 0.472 e. The molecule has 0 heterocycles. The third-order valence-electron chi connectivity index (χ3n) is 19.5. The quantitative estimate of drug-likeness (QED) is 0.0222. The average Bonchev–Trinajstić information content (AvgIpc) is 0.931. The third kappa shape index (κ3) is 74.7. The number of rotatable bonds is 80. The fraction of sp³-hybridized carbons (Fsp3) is 0.951. The Bertz CT molecular complexity index is 1960. The number of unbranched alkanes of at least 4 members (excludes halogenated alkanes) is 47. The van der Waals surface area contributed by atoms with Gasteiger partial charge in [-0.2, -0.15) is 0 Å². The number of hydrogen-bond donors (Lipinski definition) is 3. The molecule has 0 aromatic heterocycles. The Morgan fingerprint density at radius 1 is 0.287 bits per heavy atom. The molecule has 6 atom stereocenters. The third-order valence-corrected chi connectivity index (χ3v) is 21.4. The minimum atomic E-state index is -4.96. The molecule has 0 aromatic carbocycles. The van der Waals surface area contributed by atoms with Crippen molar-refractivity contribution in [3.63, 3.8) is 0 Å². The Balaban J connectivity index is 5.27. The lowest BCUT2D eigenvalue weighted by molar-refractivity contribution is -0.161. The minimum absolute atomic E-state index is 0.106. The van der Waals surface area contributed by atoms with Crippen LogP contribution in [0.1, 0.15) is 427 Å². The second-order valence-electron chi connectivity index (χ2n) is 30.7. The van der Waals surface area contributed by atoms with Gasteiger partial charge in [0.1, 0.15) is 19.3 Å². The fourth-order valence-corrected chi connectivity index (χ4v) is 14.2. The van der Waals surface area contributed by atoms with Crippen molar-refractivity contribution in [3.8, 4) is 0 Å². The molecule has 3 unspecified atom stereocenters. The first-order valence-electron chi connectivity index (χ1n) is 42.4. The fourth-order valence-electron chi connectivity index (χ4n) is 12.6. The molecule has 0 rings (SSSR count). The van der Waals surface area contributed by atoms with E-state index >= 15 is 0 Å². The lowest BCUT2D eigenvalue weighted by Gasteiger charge is -2.21. The van der Waals surface area contributed by atoms with Gasteiger partial charge in [0, 0.05) is 25.7 Å². The predicted molar refractivity (Wildman–Crippen MR) is 414 cm³/mol. The van der Waals surface area contributed by atoms with E-state index in [4.69, 9.17) is 37.0 Å². The molecule has 0 spiro atoms. The maximum Gasteiger partial charge on any atom is 0.472 e. The molecule has 101 heavy (non-hydrogen) atoms. The highest BCUT2D eigenvalue weighted by Crippen LogP contribution is 2.45. The number of ether oxygens (including phenoxy) is 4. The number of aliphatic hydroxyl groups is 1. The lowest BCUT2D eigenvalue weighted by atomic mass is 9.99. The number of hydrogen-bond acceptors (Lipinski definition) is 15. The highest BCUT2D eigenvalue weighted by molar-refractivity contribution is 7.47. The van der Waals surface area contributed by atoms with E-state index in [1.807, 2.05) is 0 Å². The van der Waals surface area contributed by atoms with E-state index in [2.05, 4.69) is 48.5 Å². The molecule has 3 N–H and O–H groups in total. The molecule has 0 bridgehead atoms. The lowest BCUT2D eigenvalue weighted by Crippen LogP contribution is -2.30. The van der Waals surface area contributed by atoms with Crippen molar-refractivity contribution >= 4 is 39.5 Å². The van der Waals surface area contributed by atoms with E-state index in [1.54, 1.807) is 0 Å². The predicted octanol–water partition coefficient (Wildman–Crippen LogP) is 24.5. The van der Waals surface area contributed by atoms with Crippen molar-refractivity contribution in [2.75, 3.05) is 39.6 Å². The van der Waals surface area contributed by atoms with E-state index in [1.165, 1.54) is 238 Å². The second-order valence-corrected chi connectivity index (χ2v) is 33.6. The highest BCUT2D eigenvalue weighted by atomic mass is 31.2. The van der Waals surface area contributed by atoms with Gasteiger partial charge in [-0.25, -0.2) is 9.13 Å².